The van der Waals surface area contributed by atoms with Gasteiger partial charge in [-0.2, -0.15) is 0 Å². The molecule has 122 valence electrons. The van der Waals surface area contributed by atoms with E-state index in [1.807, 2.05) is 61.5 Å². The normalized spacial score (nSPS) is 11.9. The molecule has 1 atom stereocenters. The fraction of sp³-hybridized carbons (Fsp3) is 0.158. The van der Waals surface area contributed by atoms with E-state index in [9.17, 15) is 4.79 Å². The topological polar surface area (TPSA) is 55.1 Å². The van der Waals surface area contributed by atoms with Crippen LogP contribution < -0.4 is 5.32 Å². The molecule has 0 saturated heterocycles. The second kappa shape index (κ2) is 7.45. The molecule has 0 radical (unpaired) electrons. The highest BCUT2D eigenvalue weighted by molar-refractivity contribution is 9.10. The van der Waals surface area contributed by atoms with E-state index < -0.39 is 0 Å². The fourth-order valence-corrected chi connectivity index (χ4v) is 3.09. The summed E-state index contributed by atoms with van der Waals surface area (Å²) >= 11 is 3.50. The van der Waals surface area contributed by atoms with Crippen LogP contribution in [0.1, 0.15) is 24.2 Å². The van der Waals surface area contributed by atoms with Gasteiger partial charge in [-0.3, -0.25) is 4.79 Å². The number of benzene rings is 2. The molecule has 0 aliphatic heterocycles. The van der Waals surface area contributed by atoms with Crippen molar-refractivity contribution in [1.82, 2.24) is 10.3 Å². The van der Waals surface area contributed by atoms with E-state index in [1.165, 1.54) is 6.26 Å². The van der Waals surface area contributed by atoms with Crippen LogP contribution in [0, 0.1) is 0 Å². The van der Waals surface area contributed by atoms with Gasteiger partial charge in [0, 0.05) is 10.0 Å². The number of aromatic nitrogens is 1. The summed E-state index contributed by atoms with van der Waals surface area (Å²) in [6, 6.07) is 17.4. The number of nitrogens with one attached hydrogen (secondary N) is 1. The van der Waals surface area contributed by atoms with Gasteiger partial charge in [0.25, 0.3) is 0 Å². The molecule has 3 aromatic rings. The molecule has 3 rings (SSSR count). The fourth-order valence-electron chi connectivity index (χ4n) is 2.46. The van der Waals surface area contributed by atoms with Crippen molar-refractivity contribution in [3.05, 3.63) is 76.6 Å². The van der Waals surface area contributed by atoms with Gasteiger partial charge in [-0.05, 0) is 30.7 Å². The average molecular weight is 385 g/mol. The molecule has 1 aromatic heterocycles. The van der Waals surface area contributed by atoms with Gasteiger partial charge in [0.1, 0.15) is 6.26 Å². The van der Waals surface area contributed by atoms with Crippen LogP contribution in [0.4, 0.5) is 0 Å². The lowest BCUT2D eigenvalue weighted by molar-refractivity contribution is -0.121. The van der Waals surface area contributed by atoms with E-state index in [2.05, 4.69) is 26.2 Å². The first-order valence-corrected chi connectivity index (χ1v) is 8.46. The van der Waals surface area contributed by atoms with E-state index in [-0.39, 0.29) is 18.4 Å². The Bertz CT molecular complexity index is 830. The Morgan fingerprint density at radius 3 is 2.62 bits per heavy atom. The monoisotopic (exact) mass is 384 g/mol. The minimum absolute atomic E-state index is 0.0893. The van der Waals surface area contributed by atoms with Crippen LogP contribution in [0.15, 0.2) is 69.8 Å². The molecule has 5 heteroatoms. The molecule has 1 amide bonds. The van der Waals surface area contributed by atoms with E-state index >= 15 is 0 Å². The molecule has 0 fully saturated rings. The van der Waals surface area contributed by atoms with Crippen molar-refractivity contribution >= 4 is 21.8 Å². The molecule has 0 saturated carbocycles. The summed E-state index contributed by atoms with van der Waals surface area (Å²) in [5.74, 6) is 0.434. The number of carbonyl (C=O) groups excluding carboxylic acids is 1. The summed E-state index contributed by atoms with van der Waals surface area (Å²) in [5.41, 5.74) is 2.55. The zero-order chi connectivity index (χ0) is 16.9. The first-order chi connectivity index (χ1) is 11.6. The number of halogens is 1. The first-order valence-electron chi connectivity index (χ1n) is 7.67. The molecule has 0 bridgehead atoms. The number of nitrogens with zero attached hydrogens (tertiary/aromatic N) is 1. The second-order valence-corrected chi connectivity index (χ2v) is 6.35. The van der Waals surface area contributed by atoms with Gasteiger partial charge < -0.3 is 9.73 Å². The molecule has 0 aliphatic rings. The lowest BCUT2D eigenvalue weighted by atomic mass is 10.1. The minimum Gasteiger partial charge on any atom is -0.444 e. The van der Waals surface area contributed by atoms with Crippen LogP contribution in [0.25, 0.3) is 11.5 Å². The Balaban J connectivity index is 1.63. The van der Waals surface area contributed by atoms with Crippen LogP contribution in [0.5, 0.6) is 0 Å². The molecule has 24 heavy (non-hydrogen) atoms. The van der Waals surface area contributed by atoms with Crippen molar-refractivity contribution in [3.63, 3.8) is 0 Å². The Hall–Kier alpha value is -2.40. The number of carbonyl (C=O) groups is 1. The molecule has 1 unspecified atom stereocenters. The Morgan fingerprint density at radius 1 is 1.17 bits per heavy atom. The SMILES string of the molecule is CC(NC(=O)Cc1coc(-c2ccccc2)n1)c1ccccc1Br. The predicted molar refractivity (Wildman–Crippen MR) is 96.3 cm³/mol. The summed E-state index contributed by atoms with van der Waals surface area (Å²) in [4.78, 5) is 16.6. The average Bonchev–Trinajstić information content (AvgIpc) is 3.04. The van der Waals surface area contributed by atoms with E-state index in [0.717, 1.165) is 15.6 Å². The summed E-state index contributed by atoms with van der Waals surface area (Å²) < 4.78 is 6.44. The smallest absolute Gasteiger partial charge is 0.226 e. The highest BCUT2D eigenvalue weighted by Crippen LogP contribution is 2.23. The van der Waals surface area contributed by atoms with Crippen molar-refractivity contribution in [3.8, 4) is 11.5 Å². The second-order valence-electron chi connectivity index (χ2n) is 5.50. The number of hydrogen-bond acceptors (Lipinski definition) is 3. The van der Waals surface area contributed by atoms with Gasteiger partial charge in [0.05, 0.1) is 18.2 Å². The number of hydrogen-bond donors (Lipinski definition) is 1. The van der Waals surface area contributed by atoms with Gasteiger partial charge in [-0.15, -0.1) is 0 Å². The van der Waals surface area contributed by atoms with Crippen molar-refractivity contribution < 1.29 is 9.21 Å². The van der Waals surface area contributed by atoms with E-state index in [4.69, 9.17) is 4.42 Å². The molecular formula is C19H17BrN2O2. The third-order valence-corrected chi connectivity index (χ3v) is 4.39. The molecule has 4 nitrogen and oxygen atoms in total. The van der Waals surface area contributed by atoms with Crippen LogP contribution in [0.3, 0.4) is 0 Å². The summed E-state index contributed by atoms with van der Waals surface area (Å²) in [6.45, 7) is 1.95. The van der Waals surface area contributed by atoms with Crippen LogP contribution in [0.2, 0.25) is 0 Å². The van der Waals surface area contributed by atoms with Gasteiger partial charge in [0.15, 0.2) is 0 Å². The van der Waals surface area contributed by atoms with Gasteiger partial charge in [-0.1, -0.05) is 52.3 Å². The van der Waals surface area contributed by atoms with Crippen molar-refractivity contribution in [2.45, 2.75) is 19.4 Å². The van der Waals surface area contributed by atoms with E-state index in [0.29, 0.717) is 11.6 Å². The van der Waals surface area contributed by atoms with Crippen LogP contribution >= 0.6 is 15.9 Å². The molecule has 0 aliphatic carbocycles. The zero-order valence-electron chi connectivity index (χ0n) is 13.2. The molecule has 1 heterocycles. The number of amides is 1. The van der Waals surface area contributed by atoms with Crippen molar-refractivity contribution in [2.75, 3.05) is 0 Å². The standard InChI is InChI=1S/C19H17BrN2O2/c1-13(16-9-5-6-10-17(16)20)21-18(23)11-15-12-24-19(22-15)14-7-3-2-4-8-14/h2-10,12-13H,11H2,1H3,(H,21,23). The minimum atomic E-state index is -0.0915. The predicted octanol–water partition coefficient (Wildman–Crippen LogP) is 4.52. The van der Waals surface area contributed by atoms with Crippen molar-refractivity contribution in [1.29, 1.82) is 0 Å². The maximum Gasteiger partial charge on any atom is 0.226 e. The van der Waals surface area contributed by atoms with Gasteiger partial charge in [-0.25, -0.2) is 4.98 Å². The highest BCUT2D eigenvalue weighted by Gasteiger charge is 2.14. The summed E-state index contributed by atoms with van der Waals surface area (Å²) in [7, 11) is 0. The lowest BCUT2D eigenvalue weighted by Gasteiger charge is -2.15. The third-order valence-electron chi connectivity index (χ3n) is 3.66. The summed E-state index contributed by atoms with van der Waals surface area (Å²) in [5, 5.41) is 2.98. The maximum atomic E-state index is 12.2. The van der Waals surface area contributed by atoms with Crippen molar-refractivity contribution in [2.24, 2.45) is 0 Å². The molecule has 1 N–H and O–H groups in total. The molecular weight excluding hydrogens is 368 g/mol. The quantitative estimate of drug-likeness (QED) is 0.703. The Kier molecular flexibility index (Phi) is 5.11. The Morgan fingerprint density at radius 2 is 1.88 bits per heavy atom. The first kappa shape index (κ1) is 16.5. The number of oxazole rings is 1. The number of rotatable bonds is 5. The van der Waals surface area contributed by atoms with Gasteiger partial charge >= 0.3 is 0 Å². The zero-order valence-corrected chi connectivity index (χ0v) is 14.8. The lowest BCUT2D eigenvalue weighted by Crippen LogP contribution is -2.28. The largest absolute Gasteiger partial charge is 0.444 e. The van der Waals surface area contributed by atoms with Gasteiger partial charge in [0.2, 0.25) is 11.8 Å². The third kappa shape index (κ3) is 3.92. The highest BCUT2D eigenvalue weighted by atomic mass is 79.9. The summed E-state index contributed by atoms with van der Waals surface area (Å²) in [6.07, 6.45) is 1.72. The van der Waals surface area contributed by atoms with E-state index in [1.54, 1.807) is 0 Å². The van der Waals surface area contributed by atoms with Crippen LogP contribution in [-0.2, 0) is 11.2 Å². The molecule has 2 aromatic carbocycles. The maximum absolute atomic E-state index is 12.2. The van der Waals surface area contributed by atoms with Crippen LogP contribution in [-0.4, -0.2) is 10.9 Å². The Labute approximate surface area is 149 Å². The molecule has 0 spiro atoms.